The SMILES string of the molecule is Cc1nc(C2CCCCC2)sc1COc1cccc(Cl)c1. The number of hydrogen-bond acceptors (Lipinski definition) is 3. The number of halogens is 1. The fourth-order valence-corrected chi connectivity index (χ4v) is 4.14. The average molecular weight is 322 g/mol. The van der Waals surface area contributed by atoms with E-state index < -0.39 is 0 Å². The summed E-state index contributed by atoms with van der Waals surface area (Å²) < 4.78 is 5.84. The summed E-state index contributed by atoms with van der Waals surface area (Å²) in [5.74, 6) is 1.48. The predicted octanol–water partition coefficient (Wildman–Crippen LogP) is 5.73. The number of thiazole rings is 1. The first-order chi connectivity index (χ1) is 10.2. The van der Waals surface area contributed by atoms with Gasteiger partial charge in [-0.25, -0.2) is 4.98 Å². The van der Waals surface area contributed by atoms with Gasteiger partial charge < -0.3 is 4.74 Å². The first kappa shape index (κ1) is 14.9. The molecule has 0 unspecified atom stereocenters. The Morgan fingerprint density at radius 3 is 2.86 bits per heavy atom. The quantitative estimate of drug-likeness (QED) is 0.717. The van der Waals surface area contributed by atoms with Crippen molar-refractivity contribution in [1.82, 2.24) is 4.98 Å². The van der Waals surface area contributed by atoms with Gasteiger partial charge in [0.2, 0.25) is 0 Å². The minimum Gasteiger partial charge on any atom is -0.488 e. The molecule has 1 fully saturated rings. The van der Waals surface area contributed by atoms with E-state index in [1.165, 1.54) is 42.0 Å². The lowest BCUT2D eigenvalue weighted by molar-refractivity contribution is 0.309. The third-order valence-corrected chi connectivity index (χ3v) is 5.56. The molecule has 1 heterocycles. The second-order valence-electron chi connectivity index (χ2n) is 5.64. The largest absolute Gasteiger partial charge is 0.488 e. The van der Waals surface area contributed by atoms with E-state index in [0.29, 0.717) is 17.5 Å². The molecule has 1 aromatic heterocycles. The molecule has 1 saturated carbocycles. The van der Waals surface area contributed by atoms with E-state index in [0.717, 1.165) is 11.4 Å². The lowest BCUT2D eigenvalue weighted by Crippen LogP contribution is -2.03. The van der Waals surface area contributed by atoms with Crippen molar-refractivity contribution in [2.24, 2.45) is 0 Å². The Balaban J connectivity index is 1.66. The van der Waals surface area contributed by atoms with E-state index in [4.69, 9.17) is 21.3 Å². The highest BCUT2D eigenvalue weighted by molar-refractivity contribution is 7.11. The smallest absolute Gasteiger partial charge is 0.124 e. The lowest BCUT2D eigenvalue weighted by atomic mass is 9.90. The summed E-state index contributed by atoms with van der Waals surface area (Å²) in [5, 5.41) is 2.01. The molecular weight excluding hydrogens is 302 g/mol. The van der Waals surface area contributed by atoms with Crippen LogP contribution < -0.4 is 4.74 Å². The zero-order valence-corrected chi connectivity index (χ0v) is 13.8. The van der Waals surface area contributed by atoms with E-state index in [9.17, 15) is 0 Å². The van der Waals surface area contributed by atoms with Crippen LogP contribution in [0, 0.1) is 6.92 Å². The number of benzene rings is 1. The Bertz CT molecular complexity index is 605. The summed E-state index contributed by atoms with van der Waals surface area (Å²) in [7, 11) is 0. The second-order valence-corrected chi connectivity index (χ2v) is 7.19. The van der Waals surface area contributed by atoms with Crippen molar-refractivity contribution in [1.29, 1.82) is 0 Å². The van der Waals surface area contributed by atoms with Gasteiger partial charge in [-0.2, -0.15) is 0 Å². The molecule has 1 aliphatic carbocycles. The third-order valence-electron chi connectivity index (χ3n) is 4.03. The molecule has 2 aromatic rings. The minimum absolute atomic E-state index is 0.580. The van der Waals surface area contributed by atoms with Crippen LogP contribution in [0.15, 0.2) is 24.3 Å². The molecule has 0 N–H and O–H groups in total. The van der Waals surface area contributed by atoms with Gasteiger partial charge in [0.05, 0.1) is 15.6 Å². The van der Waals surface area contributed by atoms with Crippen LogP contribution in [0.5, 0.6) is 5.75 Å². The van der Waals surface area contributed by atoms with Crippen molar-refractivity contribution in [2.45, 2.75) is 51.6 Å². The van der Waals surface area contributed by atoms with Gasteiger partial charge in [-0.05, 0) is 38.0 Å². The van der Waals surface area contributed by atoms with Crippen molar-refractivity contribution in [2.75, 3.05) is 0 Å². The number of hydrogen-bond donors (Lipinski definition) is 0. The van der Waals surface area contributed by atoms with Gasteiger partial charge in [-0.1, -0.05) is 36.9 Å². The van der Waals surface area contributed by atoms with E-state index in [-0.39, 0.29) is 0 Å². The average Bonchev–Trinajstić information content (AvgIpc) is 2.87. The Labute approximate surface area is 135 Å². The predicted molar refractivity (Wildman–Crippen MR) is 88.5 cm³/mol. The molecule has 0 radical (unpaired) electrons. The summed E-state index contributed by atoms with van der Waals surface area (Å²) in [4.78, 5) is 6.01. The van der Waals surface area contributed by atoms with Crippen LogP contribution in [-0.2, 0) is 6.61 Å². The maximum atomic E-state index is 5.97. The maximum absolute atomic E-state index is 5.97. The molecule has 1 aliphatic rings. The molecule has 0 bridgehead atoms. The van der Waals surface area contributed by atoms with Gasteiger partial charge in [0.25, 0.3) is 0 Å². The van der Waals surface area contributed by atoms with Gasteiger partial charge in [0, 0.05) is 10.9 Å². The fourth-order valence-electron chi connectivity index (χ4n) is 2.81. The van der Waals surface area contributed by atoms with Crippen molar-refractivity contribution in [3.63, 3.8) is 0 Å². The molecule has 0 spiro atoms. The van der Waals surface area contributed by atoms with E-state index in [1.54, 1.807) is 0 Å². The Morgan fingerprint density at radius 1 is 1.29 bits per heavy atom. The van der Waals surface area contributed by atoms with Crippen molar-refractivity contribution < 1.29 is 4.74 Å². The third kappa shape index (κ3) is 3.78. The Hall–Kier alpha value is -1.06. The second kappa shape index (κ2) is 6.80. The molecule has 4 heteroatoms. The zero-order valence-electron chi connectivity index (χ0n) is 12.3. The molecule has 1 aromatic carbocycles. The summed E-state index contributed by atoms with van der Waals surface area (Å²) in [5.41, 5.74) is 1.11. The number of rotatable bonds is 4. The first-order valence-corrected chi connectivity index (χ1v) is 8.76. The topological polar surface area (TPSA) is 22.1 Å². The molecule has 0 aliphatic heterocycles. The van der Waals surface area contributed by atoms with E-state index >= 15 is 0 Å². The normalized spacial score (nSPS) is 16.1. The highest BCUT2D eigenvalue weighted by atomic mass is 35.5. The molecule has 0 atom stereocenters. The summed E-state index contributed by atoms with van der Waals surface area (Å²) in [6.45, 7) is 2.66. The highest BCUT2D eigenvalue weighted by Gasteiger charge is 2.20. The van der Waals surface area contributed by atoms with Crippen LogP contribution in [0.2, 0.25) is 5.02 Å². The monoisotopic (exact) mass is 321 g/mol. The standard InChI is InChI=1S/C17H20ClNOS/c1-12-16(11-20-15-9-5-8-14(18)10-15)21-17(19-12)13-6-3-2-4-7-13/h5,8-10,13H,2-4,6-7,11H2,1H3. The van der Waals surface area contributed by atoms with Gasteiger partial charge in [-0.15, -0.1) is 11.3 Å². The van der Waals surface area contributed by atoms with Gasteiger partial charge in [0.15, 0.2) is 0 Å². The Kier molecular flexibility index (Phi) is 4.81. The Morgan fingerprint density at radius 2 is 2.10 bits per heavy atom. The summed E-state index contributed by atoms with van der Waals surface area (Å²) in [6.07, 6.45) is 6.66. The summed E-state index contributed by atoms with van der Waals surface area (Å²) in [6, 6.07) is 7.54. The molecule has 21 heavy (non-hydrogen) atoms. The van der Waals surface area contributed by atoms with Crippen molar-refractivity contribution >= 4 is 22.9 Å². The van der Waals surface area contributed by atoms with Gasteiger partial charge in [0.1, 0.15) is 12.4 Å². The number of nitrogens with zero attached hydrogens (tertiary/aromatic N) is 1. The van der Waals surface area contributed by atoms with Crippen molar-refractivity contribution in [3.05, 3.63) is 44.9 Å². The maximum Gasteiger partial charge on any atom is 0.124 e. The van der Waals surface area contributed by atoms with Crippen LogP contribution in [0.4, 0.5) is 0 Å². The van der Waals surface area contributed by atoms with Gasteiger partial charge >= 0.3 is 0 Å². The highest BCUT2D eigenvalue weighted by Crippen LogP contribution is 2.36. The first-order valence-electron chi connectivity index (χ1n) is 7.57. The van der Waals surface area contributed by atoms with Gasteiger partial charge in [-0.3, -0.25) is 0 Å². The summed E-state index contributed by atoms with van der Waals surface area (Å²) >= 11 is 7.79. The molecule has 0 saturated heterocycles. The number of aromatic nitrogens is 1. The molecule has 3 rings (SSSR count). The van der Waals surface area contributed by atoms with Crippen molar-refractivity contribution in [3.8, 4) is 5.75 Å². The van der Waals surface area contributed by atoms with Crippen LogP contribution >= 0.6 is 22.9 Å². The zero-order chi connectivity index (χ0) is 14.7. The minimum atomic E-state index is 0.580. The van der Waals surface area contributed by atoms with Crippen LogP contribution in [0.1, 0.15) is 53.6 Å². The van der Waals surface area contributed by atoms with E-state index in [1.807, 2.05) is 35.6 Å². The molecular formula is C17H20ClNOS. The molecule has 2 nitrogen and oxygen atoms in total. The molecule has 0 amide bonds. The van der Waals surface area contributed by atoms with Crippen LogP contribution in [0.3, 0.4) is 0 Å². The van der Waals surface area contributed by atoms with Crippen LogP contribution in [0.25, 0.3) is 0 Å². The number of aryl methyl sites for hydroxylation is 1. The van der Waals surface area contributed by atoms with Crippen LogP contribution in [-0.4, -0.2) is 4.98 Å². The number of ether oxygens (including phenoxy) is 1. The lowest BCUT2D eigenvalue weighted by Gasteiger charge is -2.18. The fraction of sp³-hybridized carbons (Fsp3) is 0.471. The van der Waals surface area contributed by atoms with E-state index in [2.05, 4.69) is 6.92 Å². The molecule has 112 valence electrons.